The van der Waals surface area contributed by atoms with Crippen molar-refractivity contribution in [1.29, 1.82) is 0 Å². The number of halogens is 3. The number of nitrogens with one attached hydrogen (secondary N) is 1. The van der Waals surface area contributed by atoms with Gasteiger partial charge >= 0.3 is 5.56 Å². The second-order valence-corrected chi connectivity index (χ2v) is 6.72. The van der Waals surface area contributed by atoms with Crippen molar-refractivity contribution in [3.05, 3.63) is 79.9 Å². The number of methoxy groups -OCH3 is 1. The van der Waals surface area contributed by atoms with Crippen molar-refractivity contribution in [3.8, 4) is 5.75 Å². The first-order chi connectivity index (χ1) is 12.9. The number of hydrogen-bond donors (Lipinski definition) is 1. The second kappa shape index (κ2) is 7.98. The van der Waals surface area contributed by atoms with Crippen LogP contribution in [0.25, 0.3) is 0 Å². The Labute approximate surface area is 165 Å². The van der Waals surface area contributed by atoms with Crippen LogP contribution >= 0.6 is 23.2 Å². The topological polar surface area (TPSA) is 56.1 Å². The summed E-state index contributed by atoms with van der Waals surface area (Å²) in [5.41, 5.74) is 1.60. The molecule has 0 radical (unpaired) electrons. The molecule has 27 heavy (non-hydrogen) atoms. The van der Waals surface area contributed by atoms with Crippen molar-refractivity contribution in [3.63, 3.8) is 0 Å². The maximum absolute atomic E-state index is 13.7. The first-order valence-corrected chi connectivity index (χ1v) is 8.75. The molecule has 3 rings (SSSR count). The molecular formula is C19H16Cl2FN3O2. The van der Waals surface area contributed by atoms with Crippen molar-refractivity contribution in [2.75, 3.05) is 12.4 Å². The van der Waals surface area contributed by atoms with Crippen LogP contribution in [0.4, 0.5) is 16.0 Å². The monoisotopic (exact) mass is 407 g/mol. The molecule has 2 aromatic carbocycles. The van der Waals surface area contributed by atoms with Gasteiger partial charge in [0.15, 0.2) is 0 Å². The van der Waals surface area contributed by atoms with E-state index in [1.807, 2.05) is 13.0 Å². The Morgan fingerprint density at radius 3 is 2.74 bits per heavy atom. The molecule has 0 aliphatic heterocycles. The predicted octanol–water partition coefficient (Wildman–Crippen LogP) is 4.80. The average molecular weight is 408 g/mol. The van der Waals surface area contributed by atoms with E-state index in [0.717, 1.165) is 5.56 Å². The van der Waals surface area contributed by atoms with E-state index < -0.39 is 11.4 Å². The van der Waals surface area contributed by atoms with Crippen LogP contribution < -0.4 is 15.6 Å². The van der Waals surface area contributed by atoms with Gasteiger partial charge in [0.05, 0.1) is 19.9 Å². The average Bonchev–Trinajstić information content (AvgIpc) is 2.60. The van der Waals surface area contributed by atoms with Crippen molar-refractivity contribution in [2.45, 2.75) is 13.5 Å². The number of benzene rings is 2. The summed E-state index contributed by atoms with van der Waals surface area (Å²) < 4.78 is 20.4. The molecule has 1 aromatic heterocycles. The van der Waals surface area contributed by atoms with Gasteiger partial charge in [0.1, 0.15) is 5.82 Å². The highest BCUT2D eigenvalue weighted by Gasteiger charge is 2.12. The lowest BCUT2D eigenvalue weighted by molar-refractivity contribution is 0.402. The molecular weight excluding hydrogens is 392 g/mol. The van der Waals surface area contributed by atoms with Crippen LogP contribution in [0, 0.1) is 12.7 Å². The number of aromatic nitrogens is 2. The summed E-state index contributed by atoms with van der Waals surface area (Å²) in [7, 11) is 1.38. The summed E-state index contributed by atoms with van der Waals surface area (Å²) in [6.07, 6.45) is 1.51. The predicted molar refractivity (Wildman–Crippen MR) is 105 cm³/mol. The molecule has 0 atom stereocenters. The second-order valence-electron chi connectivity index (χ2n) is 5.88. The summed E-state index contributed by atoms with van der Waals surface area (Å²) in [5, 5.41) is 3.97. The Bertz CT molecular complexity index is 1030. The molecule has 1 heterocycles. The maximum Gasteiger partial charge on any atom is 0.316 e. The van der Waals surface area contributed by atoms with Gasteiger partial charge in [-0.1, -0.05) is 29.3 Å². The zero-order chi connectivity index (χ0) is 19.6. The molecule has 0 saturated heterocycles. The van der Waals surface area contributed by atoms with E-state index in [4.69, 9.17) is 27.9 Å². The van der Waals surface area contributed by atoms with E-state index in [9.17, 15) is 9.18 Å². The molecule has 0 spiro atoms. The highest BCUT2D eigenvalue weighted by Crippen LogP contribution is 2.26. The van der Waals surface area contributed by atoms with Gasteiger partial charge in [0.25, 0.3) is 0 Å². The smallest absolute Gasteiger partial charge is 0.316 e. The number of hydrogen-bond acceptors (Lipinski definition) is 4. The fraction of sp³-hybridized carbons (Fsp3) is 0.158. The summed E-state index contributed by atoms with van der Waals surface area (Å²) in [6, 6.07) is 9.61. The van der Waals surface area contributed by atoms with E-state index in [0.29, 0.717) is 16.3 Å². The molecule has 3 aromatic rings. The van der Waals surface area contributed by atoms with Crippen molar-refractivity contribution < 1.29 is 9.13 Å². The van der Waals surface area contributed by atoms with E-state index in [-0.39, 0.29) is 23.3 Å². The van der Waals surface area contributed by atoms with Gasteiger partial charge in [-0.25, -0.2) is 4.39 Å². The lowest BCUT2D eigenvalue weighted by atomic mass is 10.2. The zero-order valence-electron chi connectivity index (χ0n) is 14.6. The van der Waals surface area contributed by atoms with Crippen LogP contribution in [-0.4, -0.2) is 16.7 Å². The molecule has 0 fully saturated rings. The Kier molecular flexibility index (Phi) is 5.68. The lowest BCUT2D eigenvalue weighted by Crippen LogP contribution is -2.19. The first kappa shape index (κ1) is 19.2. The SMILES string of the molecule is COc1cn(Cc2cc(F)cc(Cl)c2)c(Nc2cccc(Cl)c2C)nc1=O. The number of rotatable bonds is 5. The highest BCUT2D eigenvalue weighted by molar-refractivity contribution is 6.31. The number of anilines is 2. The zero-order valence-corrected chi connectivity index (χ0v) is 16.1. The first-order valence-electron chi connectivity index (χ1n) is 8.00. The van der Waals surface area contributed by atoms with Crippen molar-refractivity contribution in [2.24, 2.45) is 0 Å². The molecule has 1 N–H and O–H groups in total. The Balaban J connectivity index is 2.05. The van der Waals surface area contributed by atoms with Gasteiger partial charge in [-0.3, -0.25) is 4.79 Å². The molecule has 8 heteroatoms. The quantitative estimate of drug-likeness (QED) is 0.659. The Morgan fingerprint density at radius 1 is 1.26 bits per heavy atom. The van der Waals surface area contributed by atoms with Crippen LogP contribution in [0.15, 0.2) is 47.4 Å². The molecule has 0 aliphatic carbocycles. The van der Waals surface area contributed by atoms with E-state index >= 15 is 0 Å². The minimum absolute atomic E-state index is 0.0749. The summed E-state index contributed by atoms with van der Waals surface area (Å²) >= 11 is 12.1. The van der Waals surface area contributed by atoms with Gasteiger partial charge in [0.2, 0.25) is 11.7 Å². The van der Waals surface area contributed by atoms with Crippen molar-refractivity contribution in [1.82, 2.24) is 9.55 Å². The normalized spacial score (nSPS) is 10.7. The molecule has 140 valence electrons. The largest absolute Gasteiger partial charge is 0.490 e. The Morgan fingerprint density at radius 2 is 2.04 bits per heavy atom. The van der Waals surface area contributed by atoms with E-state index in [1.165, 1.54) is 25.4 Å². The Hall–Kier alpha value is -2.57. The fourth-order valence-electron chi connectivity index (χ4n) is 2.60. The number of nitrogens with zero attached hydrogens (tertiary/aromatic N) is 2. The van der Waals surface area contributed by atoms with E-state index in [2.05, 4.69) is 10.3 Å². The lowest BCUT2D eigenvalue weighted by Gasteiger charge is -2.17. The van der Waals surface area contributed by atoms with Gasteiger partial charge in [0, 0.05) is 15.7 Å². The summed E-state index contributed by atoms with van der Waals surface area (Å²) in [6.45, 7) is 2.08. The van der Waals surface area contributed by atoms with Crippen LogP contribution in [0.3, 0.4) is 0 Å². The van der Waals surface area contributed by atoms with E-state index in [1.54, 1.807) is 22.8 Å². The third kappa shape index (κ3) is 4.40. The van der Waals surface area contributed by atoms with Crippen LogP contribution in [-0.2, 0) is 6.54 Å². The third-order valence-corrected chi connectivity index (χ3v) is 4.60. The van der Waals surface area contributed by atoms with Crippen LogP contribution in [0.2, 0.25) is 10.0 Å². The van der Waals surface area contributed by atoms with Gasteiger partial charge in [-0.15, -0.1) is 0 Å². The molecule has 0 saturated carbocycles. The van der Waals surface area contributed by atoms with Crippen LogP contribution in [0.1, 0.15) is 11.1 Å². The molecule has 0 unspecified atom stereocenters. The van der Waals surface area contributed by atoms with Gasteiger partial charge in [-0.2, -0.15) is 4.98 Å². The molecule has 5 nitrogen and oxygen atoms in total. The van der Waals surface area contributed by atoms with Gasteiger partial charge < -0.3 is 14.6 Å². The highest BCUT2D eigenvalue weighted by atomic mass is 35.5. The fourth-order valence-corrected chi connectivity index (χ4v) is 3.01. The summed E-state index contributed by atoms with van der Waals surface area (Å²) in [4.78, 5) is 16.2. The van der Waals surface area contributed by atoms with Gasteiger partial charge in [-0.05, 0) is 48.4 Å². The minimum atomic E-state index is -0.520. The minimum Gasteiger partial charge on any atom is -0.490 e. The maximum atomic E-state index is 13.7. The van der Waals surface area contributed by atoms with Crippen molar-refractivity contribution >= 4 is 34.8 Å². The number of ether oxygens (including phenoxy) is 1. The molecule has 0 amide bonds. The standard InChI is InChI=1S/C19H16Cl2FN3O2/c1-11-15(21)4-3-5-16(11)23-19-24-18(26)17(27-2)10-25(19)9-12-6-13(20)8-14(22)7-12/h3-8,10H,9H2,1-2H3,(H,23,24,26). The third-order valence-electron chi connectivity index (χ3n) is 3.97. The molecule has 0 bridgehead atoms. The van der Waals surface area contributed by atoms with Crippen LogP contribution in [0.5, 0.6) is 5.75 Å². The molecule has 0 aliphatic rings. The summed E-state index contributed by atoms with van der Waals surface area (Å²) in [5.74, 6) is -0.101.